The van der Waals surface area contributed by atoms with E-state index >= 15 is 0 Å². The fourth-order valence-electron chi connectivity index (χ4n) is 4.38. The summed E-state index contributed by atoms with van der Waals surface area (Å²) in [5.41, 5.74) is 2.72. The van der Waals surface area contributed by atoms with E-state index in [0.717, 1.165) is 79.4 Å². The smallest absolute Gasteiger partial charge is 0.255 e. The van der Waals surface area contributed by atoms with E-state index in [1.165, 1.54) is 0 Å². The molecule has 134 valence electrons. The third-order valence-corrected chi connectivity index (χ3v) is 5.81. The molecule has 0 spiro atoms. The maximum absolute atomic E-state index is 13.1. The Kier molecular flexibility index (Phi) is 4.15. The summed E-state index contributed by atoms with van der Waals surface area (Å²) in [6.45, 7) is 9.79. The van der Waals surface area contributed by atoms with Gasteiger partial charge in [0, 0.05) is 30.5 Å². The molecule has 6 heteroatoms. The van der Waals surface area contributed by atoms with Gasteiger partial charge in [0.15, 0.2) is 5.82 Å². The van der Waals surface area contributed by atoms with Gasteiger partial charge in [0.25, 0.3) is 5.91 Å². The molecular formula is C19H26N4O2. The Hall–Kier alpha value is -2.08. The molecule has 2 aromatic heterocycles. The molecule has 0 aliphatic carbocycles. The quantitative estimate of drug-likeness (QED) is 0.911. The molecule has 0 saturated carbocycles. The summed E-state index contributed by atoms with van der Waals surface area (Å²) in [5.74, 6) is 3.10. The highest BCUT2D eigenvalue weighted by Crippen LogP contribution is 2.29. The van der Waals surface area contributed by atoms with Crippen molar-refractivity contribution >= 4 is 5.91 Å². The number of nitrogens with zero attached hydrogens (tertiary/aromatic N) is 3. The SMILES string of the molecule is Cc1cc(-n2c(C)cc(C(=O)N3CC[C@@H]4CNC[C@@H]4CC3)c2C)no1. The van der Waals surface area contributed by atoms with Crippen LogP contribution in [-0.2, 0) is 0 Å². The maximum atomic E-state index is 13.1. The van der Waals surface area contributed by atoms with Gasteiger partial charge in [-0.05, 0) is 64.6 Å². The number of hydrogen-bond donors (Lipinski definition) is 1. The van der Waals surface area contributed by atoms with Crippen LogP contribution in [0.25, 0.3) is 5.82 Å². The lowest BCUT2D eigenvalue weighted by atomic mass is 9.92. The Morgan fingerprint density at radius 1 is 1.16 bits per heavy atom. The first-order valence-electron chi connectivity index (χ1n) is 9.17. The Labute approximate surface area is 148 Å². The highest BCUT2D eigenvalue weighted by molar-refractivity contribution is 5.96. The average molecular weight is 342 g/mol. The van der Waals surface area contributed by atoms with Gasteiger partial charge in [-0.2, -0.15) is 0 Å². The number of carbonyl (C=O) groups excluding carboxylic acids is 1. The second-order valence-electron chi connectivity index (χ2n) is 7.46. The van der Waals surface area contributed by atoms with Crippen LogP contribution in [0.15, 0.2) is 16.7 Å². The number of likely N-dealkylation sites (tertiary alicyclic amines) is 1. The zero-order chi connectivity index (χ0) is 17.6. The number of nitrogens with one attached hydrogen (secondary N) is 1. The molecule has 2 aliphatic heterocycles. The highest BCUT2D eigenvalue weighted by Gasteiger charge is 2.32. The Morgan fingerprint density at radius 2 is 1.84 bits per heavy atom. The molecule has 0 unspecified atom stereocenters. The van der Waals surface area contributed by atoms with Crippen LogP contribution in [-0.4, -0.2) is 46.7 Å². The molecule has 1 N–H and O–H groups in total. The van der Waals surface area contributed by atoms with Crippen LogP contribution in [0.5, 0.6) is 0 Å². The molecule has 0 aromatic carbocycles. The van der Waals surface area contributed by atoms with Gasteiger partial charge in [-0.15, -0.1) is 0 Å². The molecule has 2 fully saturated rings. The van der Waals surface area contributed by atoms with Gasteiger partial charge in [0.05, 0.1) is 5.56 Å². The van der Waals surface area contributed by atoms with Crippen molar-refractivity contribution in [2.24, 2.45) is 11.8 Å². The van der Waals surface area contributed by atoms with Crippen LogP contribution in [0.1, 0.15) is 40.3 Å². The van der Waals surface area contributed by atoms with Crippen molar-refractivity contribution < 1.29 is 9.32 Å². The van der Waals surface area contributed by atoms with Gasteiger partial charge in [0.1, 0.15) is 5.76 Å². The zero-order valence-electron chi connectivity index (χ0n) is 15.2. The van der Waals surface area contributed by atoms with Crippen LogP contribution < -0.4 is 5.32 Å². The van der Waals surface area contributed by atoms with E-state index in [0.29, 0.717) is 0 Å². The van der Waals surface area contributed by atoms with Crippen molar-refractivity contribution in [2.45, 2.75) is 33.6 Å². The summed E-state index contributed by atoms with van der Waals surface area (Å²) >= 11 is 0. The van der Waals surface area contributed by atoms with Gasteiger partial charge >= 0.3 is 0 Å². The number of rotatable bonds is 2. The highest BCUT2D eigenvalue weighted by atomic mass is 16.5. The molecule has 2 atom stereocenters. The van der Waals surface area contributed by atoms with E-state index in [1.807, 2.05) is 42.4 Å². The Morgan fingerprint density at radius 3 is 2.44 bits per heavy atom. The Balaban J connectivity index is 1.58. The minimum Gasteiger partial charge on any atom is -0.360 e. The van der Waals surface area contributed by atoms with Gasteiger partial charge in [-0.3, -0.25) is 9.36 Å². The van der Waals surface area contributed by atoms with Crippen molar-refractivity contribution in [2.75, 3.05) is 26.2 Å². The summed E-state index contributed by atoms with van der Waals surface area (Å²) < 4.78 is 7.20. The Bertz CT molecular complexity index is 777. The van der Waals surface area contributed by atoms with E-state index < -0.39 is 0 Å². The minimum atomic E-state index is 0.146. The molecule has 4 heterocycles. The van der Waals surface area contributed by atoms with Crippen LogP contribution in [0, 0.1) is 32.6 Å². The standard InChI is InChI=1S/C19H26N4O2/c1-12-8-17(14(3)23(12)18-9-13(2)25-21-18)19(24)22-6-4-15-10-20-11-16(15)5-7-22/h8-9,15-16,20H,4-7,10-11H2,1-3H3/t15-,16+. The first-order chi connectivity index (χ1) is 12.0. The number of aromatic nitrogens is 2. The summed E-state index contributed by atoms with van der Waals surface area (Å²) in [4.78, 5) is 15.2. The van der Waals surface area contributed by atoms with Crippen molar-refractivity contribution in [3.05, 3.63) is 34.8 Å². The number of carbonyl (C=O) groups is 1. The normalized spacial score (nSPS) is 23.6. The third kappa shape index (κ3) is 2.88. The van der Waals surface area contributed by atoms with Gasteiger partial charge in [-0.1, -0.05) is 5.16 Å². The molecule has 2 saturated heterocycles. The summed E-state index contributed by atoms with van der Waals surface area (Å²) in [7, 11) is 0. The maximum Gasteiger partial charge on any atom is 0.255 e. The third-order valence-electron chi connectivity index (χ3n) is 5.81. The van der Waals surface area contributed by atoms with E-state index in [-0.39, 0.29) is 5.91 Å². The van der Waals surface area contributed by atoms with Crippen molar-refractivity contribution in [3.8, 4) is 5.82 Å². The molecule has 1 amide bonds. The molecule has 2 aliphatic rings. The lowest BCUT2D eigenvalue weighted by molar-refractivity contribution is 0.0758. The monoisotopic (exact) mass is 342 g/mol. The van der Waals surface area contributed by atoms with E-state index in [4.69, 9.17) is 4.52 Å². The molecule has 25 heavy (non-hydrogen) atoms. The second kappa shape index (κ2) is 6.33. The molecule has 2 aromatic rings. The van der Waals surface area contributed by atoms with Crippen molar-refractivity contribution in [1.82, 2.24) is 19.9 Å². The molecule has 4 rings (SSSR count). The summed E-state index contributed by atoms with van der Waals surface area (Å²) in [6, 6.07) is 3.88. The molecular weight excluding hydrogens is 316 g/mol. The minimum absolute atomic E-state index is 0.146. The van der Waals surface area contributed by atoms with E-state index in [2.05, 4.69) is 10.5 Å². The number of aryl methyl sites for hydroxylation is 2. The predicted molar refractivity (Wildman–Crippen MR) is 95.0 cm³/mol. The molecule has 6 nitrogen and oxygen atoms in total. The average Bonchev–Trinajstić information content (AvgIpc) is 3.24. The lowest BCUT2D eigenvalue weighted by Crippen LogP contribution is -2.33. The number of hydrogen-bond acceptors (Lipinski definition) is 4. The fraction of sp³-hybridized carbons (Fsp3) is 0.579. The predicted octanol–water partition coefficient (Wildman–Crippen LogP) is 2.46. The topological polar surface area (TPSA) is 63.3 Å². The van der Waals surface area contributed by atoms with Crippen molar-refractivity contribution in [3.63, 3.8) is 0 Å². The zero-order valence-corrected chi connectivity index (χ0v) is 15.2. The van der Waals surface area contributed by atoms with Crippen LogP contribution >= 0.6 is 0 Å². The number of amides is 1. The van der Waals surface area contributed by atoms with E-state index in [1.54, 1.807) is 0 Å². The van der Waals surface area contributed by atoms with Gasteiger partial charge in [0.2, 0.25) is 0 Å². The van der Waals surface area contributed by atoms with E-state index in [9.17, 15) is 4.79 Å². The van der Waals surface area contributed by atoms with Crippen LogP contribution in [0.3, 0.4) is 0 Å². The molecule has 0 radical (unpaired) electrons. The van der Waals surface area contributed by atoms with Gasteiger partial charge in [-0.25, -0.2) is 0 Å². The first kappa shape index (κ1) is 16.4. The second-order valence-corrected chi connectivity index (χ2v) is 7.46. The van der Waals surface area contributed by atoms with Gasteiger partial charge < -0.3 is 14.7 Å². The van der Waals surface area contributed by atoms with Crippen molar-refractivity contribution in [1.29, 1.82) is 0 Å². The summed E-state index contributed by atoms with van der Waals surface area (Å²) in [5, 5.41) is 7.59. The van der Waals surface area contributed by atoms with Crippen LogP contribution in [0.2, 0.25) is 0 Å². The fourth-order valence-corrected chi connectivity index (χ4v) is 4.38. The first-order valence-corrected chi connectivity index (χ1v) is 9.17. The largest absolute Gasteiger partial charge is 0.360 e. The summed E-state index contributed by atoms with van der Waals surface area (Å²) in [6.07, 6.45) is 2.20. The molecule has 0 bridgehead atoms. The number of fused-ring (bicyclic) bond motifs is 1. The lowest BCUT2D eigenvalue weighted by Gasteiger charge is -2.21. The van der Waals surface area contributed by atoms with Crippen LogP contribution in [0.4, 0.5) is 0 Å².